The average Bonchev–Trinajstić information content (AvgIpc) is 2.77. The van der Waals surface area contributed by atoms with Crippen molar-refractivity contribution in [2.75, 3.05) is 0 Å². The van der Waals surface area contributed by atoms with Gasteiger partial charge >= 0.3 is 0 Å². The lowest BCUT2D eigenvalue weighted by atomic mass is 10.3. The van der Waals surface area contributed by atoms with Crippen molar-refractivity contribution in [2.45, 2.75) is 17.2 Å². The number of nitrogens with two attached hydrogens (primary N) is 1. The van der Waals surface area contributed by atoms with Gasteiger partial charge in [-0.15, -0.1) is 0 Å². The minimum Gasteiger partial charge on any atom is -0.464 e. The highest BCUT2D eigenvalue weighted by molar-refractivity contribution is 7.84. The number of hydrogen-bond acceptors (Lipinski definition) is 3. The summed E-state index contributed by atoms with van der Waals surface area (Å²) >= 11 is 0. The zero-order chi connectivity index (χ0) is 12.3. The quantitative estimate of drug-likeness (QED) is 0.908. The van der Waals surface area contributed by atoms with Gasteiger partial charge in [0.25, 0.3) is 0 Å². The molecule has 0 aliphatic rings. The standard InChI is InChI=1S/C12H12FNO2S/c13-11-3-1-2-4-12(11)17(15)8-10-6-5-9(7-14)16-10/h1-6H,7-8,14H2. The molecule has 0 amide bonds. The minimum absolute atomic E-state index is 0.154. The third kappa shape index (κ3) is 2.81. The zero-order valence-electron chi connectivity index (χ0n) is 9.06. The van der Waals surface area contributed by atoms with Crippen LogP contribution in [0.3, 0.4) is 0 Å². The molecule has 0 aliphatic carbocycles. The molecule has 0 radical (unpaired) electrons. The van der Waals surface area contributed by atoms with Crippen molar-refractivity contribution in [1.82, 2.24) is 0 Å². The van der Waals surface area contributed by atoms with Crippen LogP contribution in [0.4, 0.5) is 4.39 Å². The maximum absolute atomic E-state index is 13.4. The number of hydrogen-bond donors (Lipinski definition) is 1. The third-order valence-electron chi connectivity index (χ3n) is 2.27. The van der Waals surface area contributed by atoms with Crippen molar-refractivity contribution in [3.63, 3.8) is 0 Å². The summed E-state index contributed by atoms with van der Waals surface area (Å²) in [6.45, 7) is 0.298. The van der Waals surface area contributed by atoms with E-state index in [4.69, 9.17) is 10.2 Å². The van der Waals surface area contributed by atoms with E-state index in [0.29, 0.717) is 18.1 Å². The Kier molecular flexibility index (Phi) is 3.71. The van der Waals surface area contributed by atoms with E-state index in [0.717, 1.165) is 0 Å². The van der Waals surface area contributed by atoms with E-state index in [1.54, 1.807) is 24.3 Å². The summed E-state index contributed by atoms with van der Waals surface area (Å²) in [5.74, 6) is 0.870. The van der Waals surface area contributed by atoms with Crippen LogP contribution in [0.1, 0.15) is 11.5 Å². The smallest absolute Gasteiger partial charge is 0.139 e. The first-order chi connectivity index (χ1) is 8.20. The van der Waals surface area contributed by atoms with Gasteiger partial charge < -0.3 is 10.2 Å². The lowest BCUT2D eigenvalue weighted by Gasteiger charge is -2.01. The zero-order valence-corrected chi connectivity index (χ0v) is 9.87. The van der Waals surface area contributed by atoms with Gasteiger partial charge in [0.15, 0.2) is 0 Å². The number of rotatable bonds is 4. The van der Waals surface area contributed by atoms with Crippen LogP contribution >= 0.6 is 0 Å². The highest BCUT2D eigenvalue weighted by Crippen LogP contribution is 2.17. The van der Waals surface area contributed by atoms with Crippen molar-refractivity contribution < 1.29 is 13.0 Å². The lowest BCUT2D eigenvalue weighted by Crippen LogP contribution is -1.98. The van der Waals surface area contributed by atoms with Gasteiger partial charge in [-0.2, -0.15) is 0 Å². The number of benzene rings is 1. The monoisotopic (exact) mass is 253 g/mol. The number of halogens is 1. The summed E-state index contributed by atoms with van der Waals surface area (Å²) in [5.41, 5.74) is 5.40. The largest absolute Gasteiger partial charge is 0.464 e. The van der Waals surface area contributed by atoms with Gasteiger partial charge in [0.1, 0.15) is 17.3 Å². The molecule has 2 rings (SSSR count). The van der Waals surface area contributed by atoms with Crippen LogP contribution in [0.5, 0.6) is 0 Å². The molecule has 5 heteroatoms. The van der Waals surface area contributed by atoms with Gasteiger partial charge in [-0.25, -0.2) is 4.39 Å². The molecule has 0 bridgehead atoms. The Labute approximate surface area is 101 Å². The maximum atomic E-state index is 13.4. The Morgan fingerprint density at radius 2 is 1.88 bits per heavy atom. The van der Waals surface area contributed by atoms with Gasteiger partial charge in [-0.1, -0.05) is 12.1 Å². The Morgan fingerprint density at radius 1 is 1.18 bits per heavy atom. The number of furan rings is 1. The van der Waals surface area contributed by atoms with E-state index in [9.17, 15) is 8.60 Å². The molecule has 1 unspecified atom stereocenters. The Balaban J connectivity index is 2.14. The fraction of sp³-hybridized carbons (Fsp3) is 0.167. The second kappa shape index (κ2) is 5.25. The van der Waals surface area contributed by atoms with Crippen molar-refractivity contribution in [3.05, 3.63) is 53.7 Å². The van der Waals surface area contributed by atoms with E-state index in [1.165, 1.54) is 12.1 Å². The highest BCUT2D eigenvalue weighted by atomic mass is 32.2. The molecule has 0 saturated carbocycles. The van der Waals surface area contributed by atoms with Crippen LogP contribution in [0.25, 0.3) is 0 Å². The summed E-state index contributed by atoms with van der Waals surface area (Å²) in [5, 5.41) is 0. The average molecular weight is 253 g/mol. The molecule has 0 saturated heterocycles. The van der Waals surface area contributed by atoms with Crippen LogP contribution in [0.15, 0.2) is 45.7 Å². The molecule has 1 heterocycles. The SMILES string of the molecule is NCc1ccc(CS(=O)c2ccccc2F)o1. The Hall–Kier alpha value is -1.46. The summed E-state index contributed by atoms with van der Waals surface area (Å²) in [4.78, 5) is 0.193. The first kappa shape index (κ1) is 12.0. The van der Waals surface area contributed by atoms with E-state index >= 15 is 0 Å². The molecule has 2 N–H and O–H groups in total. The van der Waals surface area contributed by atoms with E-state index in [2.05, 4.69) is 0 Å². The predicted molar refractivity (Wildman–Crippen MR) is 63.1 cm³/mol. The first-order valence-corrected chi connectivity index (χ1v) is 6.43. The fourth-order valence-corrected chi connectivity index (χ4v) is 2.53. The van der Waals surface area contributed by atoms with Gasteiger partial charge in [0.2, 0.25) is 0 Å². The van der Waals surface area contributed by atoms with Crippen molar-refractivity contribution in [3.8, 4) is 0 Å². The minimum atomic E-state index is -1.44. The molecule has 0 spiro atoms. The summed E-state index contributed by atoms with van der Waals surface area (Å²) in [6.07, 6.45) is 0. The molecule has 0 aliphatic heterocycles. The molecule has 1 atom stereocenters. The van der Waals surface area contributed by atoms with E-state index < -0.39 is 16.6 Å². The molecule has 1 aromatic carbocycles. The summed E-state index contributed by atoms with van der Waals surface area (Å²) in [7, 11) is -1.44. The molecule has 17 heavy (non-hydrogen) atoms. The fourth-order valence-electron chi connectivity index (χ4n) is 1.45. The van der Waals surface area contributed by atoms with E-state index in [-0.39, 0.29) is 10.6 Å². The molecular weight excluding hydrogens is 241 g/mol. The van der Waals surface area contributed by atoms with Crippen molar-refractivity contribution >= 4 is 10.8 Å². The molecule has 3 nitrogen and oxygen atoms in total. The Morgan fingerprint density at radius 3 is 2.53 bits per heavy atom. The second-order valence-corrected chi connectivity index (χ2v) is 4.91. The normalized spacial score (nSPS) is 12.6. The summed E-state index contributed by atoms with van der Waals surface area (Å²) in [6, 6.07) is 9.47. The van der Waals surface area contributed by atoms with Crippen molar-refractivity contribution in [2.24, 2.45) is 5.73 Å². The van der Waals surface area contributed by atoms with Gasteiger partial charge in [-0.05, 0) is 24.3 Å². The Bertz CT molecular complexity index is 539. The predicted octanol–water partition coefficient (Wildman–Crippen LogP) is 2.19. The van der Waals surface area contributed by atoms with E-state index in [1.807, 2.05) is 0 Å². The van der Waals surface area contributed by atoms with Crippen LogP contribution in [0, 0.1) is 5.82 Å². The van der Waals surface area contributed by atoms with Crippen molar-refractivity contribution in [1.29, 1.82) is 0 Å². The summed E-state index contributed by atoms with van der Waals surface area (Å²) < 4.78 is 30.6. The molecular formula is C12H12FNO2S. The van der Waals surface area contributed by atoms with Gasteiger partial charge in [0, 0.05) is 0 Å². The molecule has 0 fully saturated rings. The highest BCUT2D eigenvalue weighted by Gasteiger charge is 2.12. The van der Waals surface area contributed by atoms with Gasteiger partial charge in [0.05, 0.1) is 28.0 Å². The van der Waals surface area contributed by atoms with Gasteiger partial charge in [-0.3, -0.25) is 4.21 Å². The first-order valence-electron chi connectivity index (χ1n) is 5.11. The topological polar surface area (TPSA) is 56.2 Å². The van der Waals surface area contributed by atoms with Crippen LogP contribution in [-0.4, -0.2) is 4.21 Å². The molecule has 2 aromatic rings. The maximum Gasteiger partial charge on any atom is 0.139 e. The molecule has 1 aromatic heterocycles. The van der Waals surface area contributed by atoms with Crippen LogP contribution in [0.2, 0.25) is 0 Å². The van der Waals surface area contributed by atoms with Crippen LogP contribution in [-0.2, 0) is 23.1 Å². The second-order valence-electron chi connectivity index (χ2n) is 3.49. The van der Waals surface area contributed by atoms with Crippen LogP contribution < -0.4 is 5.73 Å². The molecule has 90 valence electrons. The third-order valence-corrected chi connectivity index (χ3v) is 3.64. The lowest BCUT2D eigenvalue weighted by molar-refractivity contribution is 0.480.